The summed E-state index contributed by atoms with van der Waals surface area (Å²) in [7, 11) is 3.96. The van der Waals surface area contributed by atoms with E-state index < -0.39 is 5.97 Å². The molecule has 0 saturated carbocycles. The summed E-state index contributed by atoms with van der Waals surface area (Å²) in [6.07, 6.45) is 32.5. The molecule has 0 fully saturated rings. The molecule has 0 unspecified atom stereocenters. The van der Waals surface area contributed by atoms with E-state index in [2.05, 4.69) is 26.1 Å². The molecule has 66 heavy (non-hydrogen) atoms. The van der Waals surface area contributed by atoms with Crippen LogP contribution >= 0.6 is 11.3 Å². The number of fused-ring (bicyclic) bond motifs is 1. The molecule has 0 aromatic carbocycles. The third-order valence-electron chi connectivity index (χ3n) is 12.8. The van der Waals surface area contributed by atoms with Crippen molar-refractivity contribution in [3.05, 3.63) is 16.0 Å². The lowest BCUT2D eigenvalue weighted by Gasteiger charge is -2.27. The number of esters is 3. The molecule has 2 amide bonds. The summed E-state index contributed by atoms with van der Waals surface area (Å²) in [5.74, 6) is -0.723. The number of thiophene rings is 1. The standard InChI is InChI=1S/C54H95N3O8S/c1-6-9-12-15-18-23-30-41-63-50(60)37-29-22-21-28-36-49(59)57-40-38-46-47(44-57)66-52(51(46)54(62)65-43-32-39-56(4)5)55-48(58)35-27-24-31-42-64-53(61)45(33-25-19-16-13-10-7-2)34-26-20-17-14-11-8-3/h45H,6-44H2,1-5H3,(H,55,58). The Morgan fingerprint density at radius 1 is 0.591 bits per heavy atom. The van der Waals surface area contributed by atoms with Gasteiger partial charge in [-0.25, -0.2) is 4.79 Å². The van der Waals surface area contributed by atoms with Crippen LogP contribution in [-0.2, 0) is 46.4 Å². The summed E-state index contributed by atoms with van der Waals surface area (Å²) in [6.45, 7) is 9.54. The Kier molecular flexibility index (Phi) is 34.9. The molecule has 2 rings (SSSR count). The number of anilines is 1. The first-order valence-corrected chi connectivity index (χ1v) is 27.8. The average Bonchev–Trinajstić information content (AvgIpc) is 3.66. The number of hydrogen-bond donors (Lipinski definition) is 1. The molecule has 380 valence electrons. The third-order valence-corrected chi connectivity index (χ3v) is 14.0. The van der Waals surface area contributed by atoms with Gasteiger partial charge in [-0.1, -0.05) is 149 Å². The lowest BCUT2D eigenvalue weighted by Crippen LogP contribution is -2.35. The van der Waals surface area contributed by atoms with Crippen LogP contribution in [0.3, 0.4) is 0 Å². The van der Waals surface area contributed by atoms with Crippen LogP contribution < -0.4 is 5.32 Å². The number of unbranched alkanes of at least 4 members (excludes halogenated alkanes) is 21. The minimum absolute atomic E-state index is 0.0205. The zero-order valence-corrected chi connectivity index (χ0v) is 43.5. The fourth-order valence-corrected chi connectivity index (χ4v) is 9.95. The molecule has 1 aromatic heterocycles. The molecule has 12 heteroatoms. The van der Waals surface area contributed by atoms with Gasteiger partial charge in [0.2, 0.25) is 11.8 Å². The van der Waals surface area contributed by atoms with E-state index in [4.69, 9.17) is 14.2 Å². The maximum atomic E-state index is 13.6. The molecule has 1 N–H and O–H groups in total. The first-order valence-electron chi connectivity index (χ1n) is 27.0. The highest BCUT2D eigenvalue weighted by Crippen LogP contribution is 2.38. The Balaban J connectivity index is 1.83. The topological polar surface area (TPSA) is 132 Å². The largest absolute Gasteiger partial charge is 0.466 e. The summed E-state index contributed by atoms with van der Waals surface area (Å²) in [6, 6.07) is 0. The highest BCUT2D eigenvalue weighted by Gasteiger charge is 2.31. The van der Waals surface area contributed by atoms with Crippen molar-refractivity contribution in [2.75, 3.05) is 52.3 Å². The van der Waals surface area contributed by atoms with Gasteiger partial charge in [0.05, 0.1) is 37.8 Å². The smallest absolute Gasteiger partial charge is 0.341 e. The predicted octanol–water partition coefficient (Wildman–Crippen LogP) is 13.5. The van der Waals surface area contributed by atoms with Gasteiger partial charge in [-0.3, -0.25) is 19.2 Å². The fourth-order valence-electron chi connectivity index (χ4n) is 8.68. The molecule has 1 aliphatic heterocycles. The predicted molar refractivity (Wildman–Crippen MR) is 271 cm³/mol. The SMILES string of the molecule is CCCCCCCCCOC(=O)CCCCCCC(=O)N1CCc2c(sc(NC(=O)CCCCCOC(=O)C(CCCCCCCC)CCCCCCCC)c2C(=O)OCCCN(C)C)C1. The van der Waals surface area contributed by atoms with Crippen molar-refractivity contribution in [2.45, 2.75) is 239 Å². The number of ether oxygens (including phenoxy) is 3. The minimum atomic E-state index is -0.434. The average molecular weight is 946 g/mol. The lowest BCUT2D eigenvalue weighted by atomic mass is 9.94. The van der Waals surface area contributed by atoms with Crippen LogP contribution in [-0.4, -0.2) is 86.5 Å². The van der Waals surface area contributed by atoms with Crippen molar-refractivity contribution in [3.63, 3.8) is 0 Å². The van der Waals surface area contributed by atoms with Gasteiger partial charge in [-0.2, -0.15) is 0 Å². The molecular formula is C54H95N3O8S. The van der Waals surface area contributed by atoms with Crippen LogP contribution in [0.1, 0.15) is 247 Å². The number of carbonyl (C=O) groups is 5. The van der Waals surface area contributed by atoms with Gasteiger partial charge in [0.15, 0.2) is 0 Å². The second-order valence-corrected chi connectivity index (χ2v) is 20.3. The maximum absolute atomic E-state index is 13.6. The van der Waals surface area contributed by atoms with Gasteiger partial charge in [-0.05, 0) is 83.9 Å². The van der Waals surface area contributed by atoms with E-state index in [1.807, 2.05) is 23.9 Å². The van der Waals surface area contributed by atoms with Crippen molar-refractivity contribution in [1.29, 1.82) is 0 Å². The van der Waals surface area contributed by atoms with E-state index in [1.54, 1.807) is 0 Å². The molecule has 11 nitrogen and oxygen atoms in total. The van der Waals surface area contributed by atoms with Crippen molar-refractivity contribution >= 4 is 46.1 Å². The summed E-state index contributed by atoms with van der Waals surface area (Å²) < 4.78 is 16.9. The second kappa shape index (κ2) is 38.9. The van der Waals surface area contributed by atoms with Gasteiger partial charge in [0, 0.05) is 37.2 Å². The Morgan fingerprint density at radius 3 is 1.70 bits per heavy atom. The third kappa shape index (κ3) is 27.7. The van der Waals surface area contributed by atoms with Crippen LogP contribution in [0.15, 0.2) is 0 Å². The van der Waals surface area contributed by atoms with Gasteiger partial charge in [0.1, 0.15) is 5.00 Å². The van der Waals surface area contributed by atoms with Crippen LogP contribution in [0.2, 0.25) is 0 Å². The Bertz CT molecular complexity index is 1450. The number of rotatable bonds is 42. The first-order chi connectivity index (χ1) is 32.1. The van der Waals surface area contributed by atoms with E-state index in [0.717, 1.165) is 87.6 Å². The molecule has 0 atom stereocenters. The summed E-state index contributed by atoms with van der Waals surface area (Å²) in [4.78, 5) is 70.3. The Morgan fingerprint density at radius 2 is 1.09 bits per heavy atom. The summed E-state index contributed by atoms with van der Waals surface area (Å²) in [5.41, 5.74) is 1.29. The molecule has 2 heterocycles. The molecule has 0 saturated heterocycles. The monoisotopic (exact) mass is 946 g/mol. The van der Waals surface area contributed by atoms with Gasteiger partial charge < -0.3 is 29.3 Å². The van der Waals surface area contributed by atoms with Gasteiger partial charge in [0.25, 0.3) is 0 Å². The number of nitrogens with one attached hydrogen (secondary N) is 1. The normalized spacial score (nSPS) is 12.4. The van der Waals surface area contributed by atoms with Crippen molar-refractivity contribution in [1.82, 2.24) is 9.80 Å². The number of carbonyl (C=O) groups excluding carboxylic acids is 5. The molecular weight excluding hydrogens is 851 g/mol. The van der Waals surface area contributed by atoms with Crippen molar-refractivity contribution in [3.8, 4) is 0 Å². The number of nitrogens with zero attached hydrogens (tertiary/aromatic N) is 2. The van der Waals surface area contributed by atoms with E-state index >= 15 is 0 Å². The van der Waals surface area contributed by atoms with Gasteiger partial charge in [-0.15, -0.1) is 11.3 Å². The van der Waals surface area contributed by atoms with E-state index in [0.29, 0.717) is 75.4 Å². The van der Waals surface area contributed by atoms with E-state index in [-0.39, 0.29) is 42.7 Å². The minimum Gasteiger partial charge on any atom is -0.466 e. The molecule has 0 spiro atoms. The van der Waals surface area contributed by atoms with Crippen molar-refractivity contribution < 1.29 is 38.2 Å². The van der Waals surface area contributed by atoms with E-state index in [9.17, 15) is 24.0 Å². The van der Waals surface area contributed by atoms with E-state index in [1.165, 1.54) is 108 Å². The highest BCUT2D eigenvalue weighted by atomic mass is 32.1. The fraction of sp³-hybridized carbons (Fsp3) is 0.833. The molecule has 1 aliphatic rings. The maximum Gasteiger partial charge on any atom is 0.341 e. The number of amides is 2. The molecule has 0 bridgehead atoms. The van der Waals surface area contributed by atoms with Gasteiger partial charge >= 0.3 is 17.9 Å². The zero-order valence-electron chi connectivity index (χ0n) is 42.7. The first kappa shape index (κ1) is 59.1. The highest BCUT2D eigenvalue weighted by molar-refractivity contribution is 7.17. The van der Waals surface area contributed by atoms with Crippen molar-refractivity contribution in [2.24, 2.45) is 5.92 Å². The lowest BCUT2D eigenvalue weighted by molar-refractivity contribution is -0.149. The second-order valence-electron chi connectivity index (χ2n) is 19.2. The van der Waals surface area contributed by atoms with Crippen LogP contribution in [0.5, 0.6) is 0 Å². The number of hydrogen-bond acceptors (Lipinski definition) is 10. The Labute approximate surface area is 406 Å². The summed E-state index contributed by atoms with van der Waals surface area (Å²) in [5, 5.41) is 3.53. The quantitative estimate of drug-likeness (QED) is 0.0386. The molecule has 1 aromatic rings. The van der Waals surface area contributed by atoms with Crippen LogP contribution in [0, 0.1) is 5.92 Å². The summed E-state index contributed by atoms with van der Waals surface area (Å²) >= 11 is 1.37. The Hall–Kier alpha value is -2.99. The van der Waals surface area contributed by atoms with Crippen LogP contribution in [0.25, 0.3) is 0 Å². The van der Waals surface area contributed by atoms with Crippen LogP contribution in [0.4, 0.5) is 5.00 Å². The molecule has 0 aliphatic carbocycles. The molecule has 0 radical (unpaired) electrons. The zero-order chi connectivity index (χ0) is 48.0.